The zero-order valence-electron chi connectivity index (χ0n) is 15.9. The Hall–Kier alpha value is -2.55. The minimum atomic E-state index is -1.63. The van der Waals surface area contributed by atoms with E-state index in [0.29, 0.717) is 19.0 Å². The topological polar surface area (TPSA) is 65.5 Å². The smallest absolute Gasteiger partial charge is 0.246 e. The molecule has 2 aromatic rings. The molecule has 0 unspecified atom stereocenters. The number of thiophene rings is 1. The fourth-order valence-corrected chi connectivity index (χ4v) is 3.21. The number of hydrogen-bond donors (Lipinski definition) is 3. The van der Waals surface area contributed by atoms with E-state index in [4.69, 9.17) is 0 Å². The molecule has 0 radical (unpaired) electrons. The third kappa shape index (κ3) is 5.72. The van der Waals surface area contributed by atoms with Crippen LogP contribution in [-0.4, -0.2) is 31.5 Å². The minimum absolute atomic E-state index is 0.138. The van der Waals surface area contributed by atoms with E-state index in [1.54, 1.807) is 11.3 Å². The van der Waals surface area contributed by atoms with Crippen molar-refractivity contribution < 1.29 is 18.0 Å². The third-order valence-corrected chi connectivity index (χ3v) is 5.16. The molecule has 0 aliphatic carbocycles. The van der Waals surface area contributed by atoms with Crippen molar-refractivity contribution in [3.63, 3.8) is 0 Å². The molecule has 0 bridgehead atoms. The molecular formula is C19H23F3N4OS. The van der Waals surface area contributed by atoms with Crippen LogP contribution in [0.3, 0.4) is 0 Å². The number of carbonyl (C=O) groups is 1. The van der Waals surface area contributed by atoms with Crippen molar-refractivity contribution in [1.82, 2.24) is 10.6 Å². The summed E-state index contributed by atoms with van der Waals surface area (Å²) in [4.78, 5) is 17.4. The molecule has 1 heterocycles. The first-order valence-electron chi connectivity index (χ1n) is 8.74. The molecule has 28 heavy (non-hydrogen) atoms. The molecule has 0 aliphatic rings. The number of aliphatic imine (C=N–C) groups is 1. The van der Waals surface area contributed by atoms with Crippen molar-refractivity contribution >= 4 is 28.9 Å². The average molecular weight is 412 g/mol. The van der Waals surface area contributed by atoms with E-state index in [2.05, 4.69) is 40.9 Å². The lowest BCUT2D eigenvalue weighted by molar-refractivity contribution is -0.114. The normalized spacial score (nSPS) is 12.0. The van der Waals surface area contributed by atoms with Crippen molar-refractivity contribution in [3.05, 3.63) is 52.0 Å². The van der Waals surface area contributed by atoms with Crippen LogP contribution in [0.4, 0.5) is 18.9 Å². The maximum absolute atomic E-state index is 13.6. The van der Waals surface area contributed by atoms with E-state index in [-0.39, 0.29) is 12.0 Å². The Kier molecular flexibility index (Phi) is 7.45. The Balaban J connectivity index is 1.98. The minimum Gasteiger partial charge on any atom is -0.357 e. The summed E-state index contributed by atoms with van der Waals surface area (Å²) >= 11 is 1.66. The highest BCUT2D eigenvalue weighted by Crippen LogP contribution is 2.26. The van der Waals surface area contributed by atoms with Crippen molar-refractivity contribution in [1.29, 1.82) is 0 Å². The number of benzene rings is 1. The maximum Gasteiger partial charge on any atom is 0.246 e. The van der Waals surface area contributed by atoms with Gasteiger partial charge in [0.15, 0.2) is 23.4 Å². The van der Waals surface area contributed by atoms with Crippen LogP contribution in [-0.2, 0) is 10.2 Å². The molecule has 1 amide bonds. The summed E-state index contributed by atoms with van der Waals surface area (Å²) in [5.74, 6) is -4.62. The molecule has 0 aliphatic heterocycles. The van der Waals surface area contributed by atoms with Crippen LogP contribution in [0.2, 0.25) is 0 Å². The van der Waals surface area contributed by atoms with Gasteiger partial charge in [0.2, 0.25) is 5.91 Å². The molecule has 152 valence electrons. The summed E-state index contributed by atoms with van der Waals surface area (Å²) < 4.78 is 39.8. The van der Waals surface area contributed by atoms with Gasteiger partial charge in [0.05, 0.1) is 5.69 Å². The summed E-state index contributed by atoms with van der Waals surface area (Å²) in [5, 5.41) is 10.4. The first kappa shape index (κ1) is 21.7. The highest BCUT2D eigenvalue weighted by Gasteiger charge is 2.22. The molecular weight excluding hydrogens is 389 g/mol. The number of carbonyl (C=O) groups excluding carboxylic acids is 1. The van der Waals surface area contributed by atoms with Gasteiger partial charge in [-0.1, -0.05) is 19.9 Å². The third-order valence-electron chi connectivity index (χ3n) is 3.92. The Morgan fingerprint density at radius 2 is 1.89 bits per heavy atom. The molecule has 0 saturated heterocycles. The van der Waals surface area contributed by atoms with Crippen molar-refractivity contribution in [2.24, 2.45) is 4.99 Å². The zero-order chi connectivity index (χ0) is 20.7. The molecule has 0 fully saturated rings. The predicted octanol–water partition coefficient (Wildman–Crippen LogP) is 3.64. The number of nitrogens with one attached hydrogen (secondary N) is 3. The van der Waals surface area contributed by atoms with Gasteiger partial charge in [0.1, 0.15) is 6.54 Å². The SMILES string of the molecule is CCNC(=NCC(=O)Nc1ccc(F)c(F)c1F)NCC(C)(C)c1cccs1. The van der Waals surface area contributed by atoms with Crippen molar-refractivity contribution in [3.8, 4) is 0 Å². The van der Waals surface area contributed by atoms with Crippen LogP contribution >= 0.6 is 11.3 Å². The summed E-state index contributed by atoms with van der Waals surface area (Å²) in [5.41, 5.74) is -0.572. The lowest BCUT2D eigenvalue weighted by atomic mass is 9.91. The number of halogens is 3. The largest absolute Gasteiger partial charge is 0.357 e. The van der Waals surface area contributed by atoms with Gasteiger partial charge in [0, 0.05) is 23.4 Å². The second-order valence-corrected chi connectivity index (χ2v) is 7.63. The van der Waals surface area contributed by atoms with E-state index < -0.39 is 29.0 Å². The molecule has 1 aromatic heterocycles. The molecule has 0 atom stereocenters. The highest BCUT2D eigenvalue weighted by molar-refractivity contribution is 7.10. The first-order chi connectivity index (χ1) is 13.2. The summed E-state index contributed by atoms with van der Waals surface area (Å²) in [6.07, 6.45) is 0. The average Bonchev–Trinajstić information content (AvgIpc) is 3.20. The van der Waals surface area contributed by atoms with Gasteiger partial charge >= 0.3 is 0 Å². The van der Waals surface area contributed by atoms with Gasteiger partial charge in [-0.3, -0.25) is 4.79 Å². The molecule has 0 spiro atoms. The summed E-state index contributed by atoms with van der Waals surface area (Å²) in [6, 6.07) is 5.75. The maximum atomic E-state index is 13.6. The quantitative estimate of drug-likeness (QED) is 0.370. The number of anilines is 1. The fraction of sp³-hybridized carbons (Fsp3) is 0.368. The van der Waals surface area contributed by atoms with Gasteiger partial charge in [-0.15, -0.1) is 11.3 Å². The number of hydrogen-bond acceptors (Lipinski definition) is 3. The highest BCUT2D eigenvalue weighted by atomic mass is 32.1. The predicted molar refractivity (Wildman–Crippen MR) is 106 cm³/mol. The Labute approximate surface area is 166 Å². The van der Waals surface area contributed by atoms with E-state index in [9.17, 15) is 18.0 Å². The summed E-state index contributed by atoms with van der Waals surface area (Å²) in [7, 11) is 0. The fourth-order valence-electron chi connectivity index (χ4n) is 2.36. The second kappa shape index (κ2) is 9.59. The van der Waals surface area contributed by atoms with E-state index in [1.165, 1.54) is 4.88 Å². The number of nitrogens with zero attached hydrogens (tertiary/aromatic N) is 1. The second-order valence-electron chi connectivity index (χ2n) is 6.68. The molecule has 5 nitrogen and oxygen atoms in total. The molecule has 3 N–H and O–H groups in total. The Bertz CT molecular complexity index is 838. The first-order valence-corrected chi connectivity index (χ1v) is 9.62. The van der Waals surface area contributed by atoms with Gasteiger partial charge < -0.3 is 16.0 Å². The van der Waals surface area contributed by atoms with E-state index in [1.807, 2.05) is 18.4 Å². The molecule has 9 heteroatoms. The zero-order valence-corrected chi connectivity index (χ0v) is 16.7. The number of guanidine groups is 1. The van der Waals surface area contributed by atoms with Crippen LogP contribution in [0, 0.1) is 17.5 Å². The number of rotatable bonds is 7. The monoisotopic (exact) mass is 412 g/mol. The van der Waals surface area contributed by atoms with Crippen LogP contribution in [0.15, 0.2) is 34.6 Å². The molecule has 0 saturated carbocycles. The van der Waals surface area contributed by atoms with Gasteiger partial charge in [-0.2, -0.15) is 0 Å². The Morgan fingerprint density at radius 3 is 2.54 bits per heavy atom. The van der Waals surface area contributed by atoms with Gasteiger partial charge in [-0.05, 0) is 30.5 Å². The van der Waals surface area contributed by atoms with Crippen LogP contribution in [0.1, 0.15) is 25.6 Å². The van der Waals surface area contributed by atoms with Gasteiger partial charge in [0.25, 0.3) is 0 Å². The van der Waals surface area contributed by atoms with Crippen molar-refractivity contribution in [2.45, 2.75) is 26.2 Å². The van der Waals surface area contributed by atoms with Gasteiger partial charge in [-0.25, -0.2) is 18.2 Å². The lowest BCUT2D eigenvalue weighted by Crippen LogP contribution is -2.43. The van der Waals surface area contributed by atoms with Crippen LogP contribution < -0.4 is 16.0 Å². The van der Waals surface area contributed by atoms with Crippen molar-refractivity contribution in [2.75, 3.05) is 25.0 Å². The molecule has 2 rings (SSSR count). The number of amides is 1. The van der Waals surface area contributed by atoms with E-state index in [0.717, 1.165) is 12.1 Å². The van der Waals surface area contributed by atoms with Crippen LogP contribution in [0.25, 0.3) is 0 Å². The standard InChI is InChI=1S/C19H23F3N4OS/c1-4-23-18(25-11-19(2,3)14-6-5-9-28-14)24-10-15(27)26-13-8-7-12(20)16(21)17(13)22/h5-9H,4,10-11H2,1-3H3,(H,26,27)(H2,23,24,25). The van der Waals surface area contributed by atoms with Crippen LogP contribution in [0.5, 0.6) is 0 Å². The molecule has 1 aromatic carbocycles. The van der Waals surface area contributed by atoms with E-state index >= 15 is 0 Å². The Morgan fingerprint density at radius 1 is 1.14 bits per heavy atom. The summed E-state index contributed by atoms with van der Waals surface area (Å²) in [6.45, 7) is 6.93. The lowest BCUT2D eigenvalue weighted by Gasteiger charge is -2.25.